The topological polar surface area (TPSA) is 76.7 Å². The van der Waals surface area contributed by atoms with Crippen LogP contribution >= 0.6 is 47.0 Å². The molecule has 0 bridgehead atoms. The molecule has 0 aromatic carbocycles. The van der Waals surface area contributed by atoms with Crippen molar-refractivity contribution in [2.24, 2.45) is 5.92 Å². The van der Waals surface area contributed by atoms with Crippen LogP contribution in [-0.2, 0) is 14.3 Å². The molecule has 0 saturated carbocycles. The number of nitrogens with one attached hydrogen (secondary N) is 2. The molecule has 6 nitrogen and oxygen atoms in total. The summed E-state index contributed by atoms with van der Waals surface area (Å²) in [6.45, 7) is 3.80. The van der Waals surface area contributed by atoms with Crippen LogP contribution in [0.4, 0.5) is 4.79 Å². The standard InChI is InChI=1S/C12H17Cl3N2O4S/c1-3-16-8(22)4-7-9(10(18)17-7)6(2)21-11(19)20-5-12(13,14)15/h6-7,9H,3-5H2,1-2H3,(H,16,22)(H,17,18)/t6?,7-,9-/m1/s1. The van der Waals surface area contributed by atoms with E-state index in [9.17, 15) is 9.59 Å². The summed E-state index contributed by atoms with van der Waals surface area (Å²) in [7, 11) is 0. The Hall–Kier alpha value is -0.500. The van der Waals surface area contributed by atoms with Crippen molar-refractivity contribution in [1.29, 1.82) is 0 Å². The highest BCUT2D eigenvalue weighted by Gasteiger charge is 2.45. The Morgan fingerprint density at radius 3 is 2.64 bits per heavy atom. The zero-order valence-corrected chi connectivity index (χ0v) is 15.1. The van der Waals surface area contributed by atoms with E-state index in [-0.39, 0.29) is 11.9 Å². The molecule has 2 N–H and O–H groups in total. The van der Waals surface area contributed by atoms with Crippen LogP contribution in [0.3, 0.4) is 0 Å². The molecule has 1 fully saturated rings. The number of β-lactam (4-membered cyclic amide) rings is 1. The number of alkyl halides is 3. The maximum atomic E-state index is 11.7. The number of carbonyl (C=O) groups is 2. The fourth-order valence-electron chi connectivity index (χ4n) is 2.04. The summed E-state index contributed by atoms with van der Waals surface area (Å²) in [5.41, 5.74) is 0. The van der Waals surface area contributed by atoms with Crippen LogP contribution in [0.5, 0.6) is 0 Å². The Labute approximate surface area is 149 Å². The smallest absolute Gasteiger partial charge is 0.430 e. The average Bonchev–Trinajstić information content (AvgIpc) is 2.34. The third kappa shape index (κ3) is 6.32. The molecule has 1 rings (SSSR count). The van der Waals surface area contributed by atoms with Gasteiger partial charge in [0.2, 0.25) is 9.70 Å². The first-order chi connectivity index (χ1) is 10.1. The van der Waals surface area contributed by atoms with Gasteiger partial charge in [-0.3, -0.25) is 4.79 Å². The predicted octanol–water partition coefficient (Wildman–Crippen LogP) is 2.34. The van der Waals surface area contributed by atoms with Crippen LogP contribution in [0.2, 0.25) is 0 Å². The average molecular weight is 392 g/mol. The van der Waals surface area contributed by atoms with Crippen LogP contribution in [0.25, 0.3) is 0 Å². The van der Waals surface area contributed by atoms with Gasteiger partial charge in [-0.25, -0.2) is 4.79 Å². The molecule has 126 valence electrons. The third-order valence-corrected chi connectivity index (χ3v) is 3.62. The Morgan fingerprint density at radius 1 is 1.50 bits per heavy atom. The predicted molar refractivity (Wildman–Crippen MR) is 88.5 cm³/mol. The van der Waals surface area contributed by atoms with Gasteiger partial charge in [0, 0.05) is 13.0 Å². The van der Waals surface area contributed by atoms with Crippen molar-refractivity contribution in [3.8, 4) is 0 Å². The first-order valence-corrected chi connectivity index (χ1v) is 8.15. The summed E-state index contributed by atoms with van der Waals surface area (Å²) in [5.74, 6) is -0.692. The largest absolute Gasteiger partial charge is 0.508 e. The van der Waals surface area contributed by atoms with Crippen molar-refractivity contribution in [1.82, 2.24) is 10.6 Å². The van der Waals surface area contributed by atoms with Crippen molar-refractivity contribution < 1.29 is 19.1 Å². The molecule has 0 aromatic rings. The van der Waals surface area contributed by atoms with Gasteiger partial charge in [-0.15, -0.1) is 0 Å². The fraction of sp³-hybridized carbons (Fsp3) is 0.750. The quantitative estimate of drug-likeness (QED) is 0.313. The highest BCUT2D eigenvalue weighted by atomic mass is 35.6. The van der Waals surface area contributed by atoms with E-state index in [0.29, 0.717) is 18.0 Å². The van der Waals surface area contributed by atoms with E-state index in [1.807, 2.05) is 6.92 Å². The second-order valence-corrected chi connectivity index (χ2v) is 7.78. The number of thiocarbonyl (C=S) groups is 1. The summed E-state index contributed by atoms with van der Waals surface area (Å²) >= 11 is 21.5. The fourth-order valence-corrected chi connectivity index (χ4v) is 2.53. The highest BCUT2D eigenvalue weighted by molar-refractivity contribution is 7.80. The number of halogens is 3. The molecule has 1 unspecified atom stereocenters. The first-order valence-electron chi connectivity index (χ1n) is 6.61. The number of hydrogen-bond donors (Lipinski definition) is 2. The van der Waals surface area contributed by atoms with Crippen molar-refractivity contribution in [2.75, 3.05) is 13.2 Å². The minimum absolute atomic E-state index is 0.185. The first kappa shape index (κ1) is 19.5. The molecule has 3 atom stereocenters. The lowest BCUT2D eigenvalue weighted by atomic mass is 9.84. The molecule has 1 heterocycles. The molecule has 22 heavy (non-hydrogen) atoms. The molecule has 1 aliphatic heterocycles. The van der Waals surface area contributed by atoms with E-state index in [4.69, 9.17) is 51.8 Å². The third-order valence-electron chi connectivity index (χ3n) is 2.98. The molecule has 0 aromatic heterocycles. The maximum Gasteiger partial charge on any atom is 0.508 e. The summed E-state index contributed by atoms with van der Waals surface area (Å²) in [4.78, 5) is 23.8. The number of rotatable bonds is 6. The molecular formula is C12H17Cl3N2O4S. The molecule has 0 radical (unpaired) electrons. The van der Waals surface area contributed by atoms with E-state index < -0.39 is 28.6 Å². The number of amides is 1. The number of carbonyl (C=O) groups excluding carboxylic acids is 2. The molecule has 0 spiro atoms. The van der Waals surface area contributed by atoms with Gasteiger partial charge in [0.1, 0.15) is 12.7 Å². The minimum atomic E-state index is -1.71. The Kier molecular flexibility index (Phi) is 7.45. The van der Waals surface area contributed by atoms with E-state index in [1.54, 1.807) is 6.92 Å². The lowest BCUT2D eigenvalue weighted by Crippen LogP contribution is -2.63. The molecule has 1 aliphatic rings. The molecule has 1 saturated heterocycles. The van der Waals surface area contributed by atoms with Gasteiger partial charge in [-0.05, 0) is 13.8 Å². The second-order valence-electron chi connectivity index (χ2n) is 4.78. The van der Waals surface area contributed by atoms with Gasteiger partial charge >= 0.3 is 6.16 Å². The monoisotopic (exact) mass is 390 g/mol. The summed E-state index contributed by atoms with van der Waals surface area (Å²) in [6, 6.07) is -0.185. The molecule has 10 heteroatoms. The van der Waals surface area contributed by atoms with Crippen molar-refractivity contribution in [2.45, 2.75) is 36.2 Å². The van der Waals surface area contributed by atoms with Crippen LogP contribution in [0.15, 0.2) is 0 Å². The number of hydrogen-bond acceptors (Lipinski definition) is 5. The summed E-state index contributed by atoms with van der Waals surface area (Å²) in [5, 5.41) is 5.73. The van der Waals surface area contributed by atoms with Crippen LogP contribution in [-0.4, -0.2) is 46.1 Å². The van der Waals surface area contributed by atoms with Crippen LogP contribution in [0.1, 0.15) is 20.3 Å². The summed E-state index contributed by atoms with van der Waals surface area (Å²) < 4.78 is 7.98. The van der Waals surface area contributed by atoms with Crippen LogP contribution < -0.4 is 10.6 Å². The normalized spacial score (nSPS) is 22.1. The second kappa shape index (κ2) is 8.38. The van der Waals surface area contributed by atoms with Gasteiger partial charge in [0.05, 0.1) is 16.9 Å². The van der Waals surface area contributed by atoms with E-state index >= 15 is 0 Å². The Morgan fingerprint density at radius 2 is 2.14 bits per heavy atom. The van der Waals surface area contributed by atoms with Gasteiger partial charge < -0.3 is 20.1 Å². The zero-order chi connectivity index (χ0) is 16.9. The molecular weight excluding hydrogens is 375 g/mol. The Balaban J connectivity index is 2.45. The van der Waals surface area contributed by atoms with Crippen molar-refractivity contribution in [3.05, 3.63) is 0 Å². The highest BCUT2D eigenvalue weighted by Crippen LogP contribution is 2.27. The maximum absolute atomic E-state index is 11.7. The van der Waals surface area contributed by atoms with Gasteiger partial charge in [-0.1, -0.05) is 47.0 Å². The van der Waals surface area contributed by atoms with Crippen LogP contribution in [0, 0.1) is 5.92 Å². The lowest BCUT2D eigenvalue weighted by Gasteiger charge is -2.39. The molecule has 0 aliphatic carbocycles. The molecule has 1 amide bonds. The SMILES string of the molecule is CCNC(=S)C[C@H]1NC(=O)[C@@H]1C(C)OC(=O)OCC(Cl)(Cl)Cl. The van der Waals surface area contributed by atoms with E-state index in [2.05, 4.69) is 15.4 Å². The minimum Gasteiger partial charge on any atom is -0.430 e. The van der Waals surface area contributed by atoms with Gasteiger partial charge in [-0.2, -0.15) is 0 Å². The van der Waals surface area contributed by atoms with E-state index in [0.717, 1.165) is 0 Å². The van der Waals surface area contributed by atoms with Gasteiger partial charge in [0.25, 0.3) is 0 Å². The van der Waals surface area contributed by atoms with Crippen molar-refractivity contribution in [3.63, 3.8) is 0 Å². The zero-order valence-electron chi connectivity index (χ0n) is 12.0. The lowest BCUT2D eigenvalue weighted by molar-refractivity contribution is -0.141. The van der Waals surface area contributed by atoms with E-state index in [1.165, 1.54) is 0 Å². The van der Waals surface area contributed by atoms with Gasteiger partial charge in [0.15, 0.2) is 0 Å². The Bertz CT molecular complexity index is 445. The number of ether oxygens (including phenoxy) is 2. The summed E-state index contributed by atoms with van der Waals surface area (Å²) in [6.07, 6.45) is -1.19. The van der Waals surface area contributed by atoms with Crippen molar-refractivity contribution >= 4 is 64.1 Å².